The highest BCUT2D eigenvalue weighted by atomic mass is 16.5. The van der Waals surface area contributed by atoms with Crippen LogP contribution < -0.4 is 15.4 Å². The number of carbonyl (C=O) groups excluding carboxylic acids is 3. The first kappa shape index (κ1) is 24.5. The highest BCUT2D eigenvalue weighted by Gasteiger charge is 2.10. The molecule has 0 saturated heterocycles. The number of benzene rings is 3. The number of carbonyl (C=O) groups is 3. The Morgan fingerprint density at radius 2 is 1.35 bits per heavy atom. The molecule has 0 fully saturated rings. The molecule has 0 aliphatic carbocycles. The molecule has 0 aliphatic heterocycles. The van der Waals surface area contributed by atoms with E-state index in [9.17, 15) is 14.4 Å². The van der Waals surface area contributed by atoms with Gasteiger partial charge < -0.3 is 20.1 Å². The number of nitrogens with one attached hydrogen (secondary N) is 2. The summed E-state index contributed by atoms with van der Waals surface area (Å²) in [5, 5.41) is 5.44. The summed E-state index contributed by atoms with van der Waals surface area (Å²) < 4.78 is 10.8. The van der Waals surface area contributed by atoms with Gasteiger partial charge in [-0.15, -0.1) is 0 Å². The van der Waals surface area contributed by atoms with Crippen molar-refractivity contribution in [2.24, 2.45) is 0 Å². The van der Waals surface area contributed by atoms with Gasteiger partial charge in [0, 0.05) is 24.2 Å². The summed E-state index contributed by atoms with van der Waals surface area (Å²) in [5.74, 6) is 0.264. The molecule has 0 radical (unpaired) electrons. The lowest BCUT2D eigenvalue weighted by Gasteiger charge is -2.09. The van der Waals surface area contributed by atoms with E-state index in [1.165, 1.54) is 0 Å². The molecule has 34 heavy (non-hydrogen) atoms. The normalized spacial score (nSPS) is 10.3. The van der Waals surface area contributed by atoms with E-state index in [0.29, 0.717) is 23.5 Å². The first-order chi connectivity index (χ1) is 16.4. The van der Waals surface area contributed by atoms with Gasteiger partial charge in [-0.3, -0.25) is 14.4 Å². The number of aryl methyl sites for hydroxylation is 2. The molecule has 0 spiro atoms. The maximum Gasteiger partial charge on any atom is 0.306 e. The Hall–Kier alpha value is -4.13. The van der Waals surface area contributed by atoms with E-state index in [1.54, 1.807) is 36.4 Å². The van der Waals surface area contributed by atoms with Crippen LogP contribution in [0.1, 0.15) is 30.4 Å². The highest BCUT2D eigenvalue weighted by molar-refractivity contribution is 5.93. The van der Waals surface area contributed by atoms with Gasteiger partial charge in [-0.2, -0.15) is 0 Å². The average Bonchev–Trinajstić information content (AvgIpc) is 2.80. The summed E-state index contributed by atoms with van der Waals surface area (Å²) in [6.45, 7) is 3.58. The second kappa shape index (κ2) is 12.2. The molecule has 7 heteroatoms. The zero-order valence-corrected chi connectivity index (χ0v) is 19.3. The summed E-state index contributed by atoms with van der Waals surface area (Å²) >= 11 is 0. The van der Waals surface area contributed by atoms with Crippen molar-refractivity contribution >= 4 is 29.2 Å². The van der Waals surface area contributed by atoms with Crippen LogP contribution in [-0.4, -0.2) is 24.4 Å². The minimum atomic E-state index is -0.524. The monoisotopic (exact) mass is 460 g/mol. The maximum atomic E-state index is 12.1. The largest absolute Gasteiger partial charge is 0.457 e. The number of rotatable bonds is 10. The fourth-order valence-electron chi connectivity index (χ4n) is 3.09. The third-order valence-electron chi connectivity index (χ3n) is 4.85. The van der Waals surface area contributed by atoms with Crippen LogP contribution in [0.2, 0.25) is 0 Å². The first-order valence-electron chi connectivity index (χ1n) is 11.0. The molecule has 176 valence electrons. The summed E-state index contributed by atoms with van der Waals surface area (Å²) in [4.78, 5) is 35.9. The predicted octanol–water partition coefficient (Wildman–Crippen LogP) is 5.39. The van der Waals surface area contributed by atoms with Gasteiger partial charge >= 0.3 is 5.97 Å². The second-order valence-electron chi connectivity index (χ2n) is 7.92. The SMILES string of the molecule is Cc1ccc(NC(=O)COC(=O)CCCC(=O)Nc2ccc(Oc3cccc(C)c3)cc2)cc1. The molecule has 2 N–H and O–H groups in total. The average molecular weight is 461 g/mol. The molecular formula is C27H28N2O5. The van der Waals surface area contributed by atoms with E-state index >= 15 is 0 Å². The van der Waals surface area contributed by atoms with Gasteiger partial charge in [-0.05, 0) is 74.4 Å². The molecule has 3 aromatic carbocycles. The van der Waals surface area contributed by atoms with Crippen LogP contribution in [0.3, 0.4) is 0 Å². The topological polar surface area (TPSA) is 93.7 Å². The van der Waals surface area contributed by atoms with Crippen molar-refractivity contribution in [1.29, 1.82) is 0 Å². The van der Waals surface area contributed by atoms with E-state index < -0.39 is 11.9 Å². The lowest BCUT2D eigenvalue weighted by molar-refractivity contribution is -0.147. The van der Waals surface area contributed by atoms with Crippen molar-refractivity contribution in [3.8, 4) is 11.5 Å². The quantitative estimate of drug-likeness (QED) is 0.396. The van der Waals surface area contributed by atoms with E-state index in [-0.39, 0.29) is 25.4 Å². The van der Waals surface area contributed by atoms with E-state index in [2.05, 4.69) is 10.6 Å². The minimum Gasteiger partial charge on any atom is -0.457 e. The number of anilines is 2. The van der Waals surface area contributed by atoms with E-state index in [1.807, 2.05) is 50.2 Å². The van der Waals surface area contributed by atoms with Crippen LogP contribution in [0.15, 0.2) is 72.8 Å². The van der Waals surface area contributed by atoms with Gasteiger partial charge in [0.15, 0.2) is 6.61 Å². The Labute approximate surface area is 199 Å². The predicted molar refractivity (Wildman–Crippen MR) is 131 cm³/mol. The Kier molecular flexibility index (Phi) is 8.80. The van der Waals surface area contributed by atoms with Gasteiger partial charge in [-0.25, -0.2) is 0 Å². The number of esters is 1. The Balaban J connectivity index is 1.32. The fourth-order valence-corrected chi connectivity index (χ4v) is 3.09. The van der Waals surface area contributed by atoms with Crippen molar-refractivity contribution in [2.75, 3.05) is 17.2 Å². The minimum absolute atomic E-state index is 0.0501. The summed E-state index contributed by atoms with van der Waals surface area (Å²) in [6, 6.07) is 22.1. The molecular weight excluding hydrogens is 432 g/mol. The van der Waals surface area contributed by atoms with Crippen LogP contribution in [0.4, 0.5) is 11.4 Å². The standard InChI is InChI=1S/C27H28N2O5/c1-19-9-11-21(12-10-19)29-26(31)18-33-27(32)8-4-7-25(30)28-22-13-15-23(16-14-22)34-24-6-3-5-20(2)17-24/h3,5-6,9-17H,4,7-8,18H2,1-2H3,(H,28,30)(H,29,31). The number of amides is 2. The van der Waals surface area contributed by atoms with E-state index in [0.717, 1.165) is 16.9 Å². The molecule has 3 rings (SSSR count). The van der Waals surface area contributed by atoms with E-state index in [4.69, 9.17) is 9.47 Å². The summed E-state index contributed by atoms with van der Waals surface area (Å²) in [6.07, 6.45) is 0.527. The zero-order chi connectivity index (χ0) is 24.3. The molecule has 0 bridgehead atoms. The number of hydrogen-bond donors (Lipinski definition) is 2. The molecule has 2 amide bonds. The van der Waals surface area contributed by atoms with Gasteiger partial charge in [0.1, 0.15) is 11.5 Å². The third-order valence-corrected chi connectivity index (χ3v) is 4.85. The Bertz CT molecular complexity index is 1120. The second-order valence-corrected chi connectivity index (χ2v) is 7.92. The zero-order valence-electron chi connectivity index (χ0n) is 19.3. The molecule has 0 atom stereocenters. The van der Waals surface area contributed by atoms with Gasteiger partial charge in [0.2, 0.25) is 5.91 Å². The van der Waals surface area contributed by atoms with Crippen molar-refractivity contribution < 1.29 is 23.9 Å². The Morgan fingerprint density at radius 3 is 2.03 bits per heavy atom. The van der Waals surface area contributed by atoms with Crippen molar-refractivity contribution in [3.63, 3.8) is 0 Å². The molecule has 0 saturated carbocycles. The van der Waals surface area contributed by atoms with Crippen LogP contribution in [0.25, 0.3) is 0 Å². The van der Waals surface area contributed by atoms with Crippen LogP contribution >= 0.6 is 0 Å². The van der Waals surface area contributed by atoms with Crippen LogP contribution in [0.5, 0.6) is 11.5 Å². The number of hydrogen-bond acceptors (Lipinski definition) is 5. The molecule has 0 heterocycles. The van der Waals surface area contributed by atoms with Crippen LogP contribution in [0, 0.1) is 13.8 Å². The summed E-state index contributed by atoms with van der Waals surface area (Å²) in [5.41, 5.74) is 3.46. The van der Waals surface area contributed by atoms with Crippen molar-refractivity contribution in [2.45, 2.75) is 33.1 Å². The smallest absolute Gasteiger partial charge is 0.306 e. The summed E-state index contributed by atoms with van der Waals surface area (Å²) in [7, 11) is 0. The van der Waals surface area contributed by atoms with Gasteiger partial charge in [0.05, 0.1) is 0 Å². The third kappa shape index (κ3) is 8.43. The van der Waals surface area contributed by atoms with Crippen molar-refractivity contribution in [3.05, 3.63) is 83.9 Å². The first-order valence-corrected chi connectivity index (χ1v) is 11.0. The van der Waals surface area contributed by atoms with Crippen LogP contribution in [-0.2, 0) is 19.1 Å². The lowest BCUT2D eigenvalue weighted by atomic mass is 10.2. The maximum absolute atomic E-state index is 12.1. The molecule has 3 aromatic rings. The molecule has 7 nitrogen and oxygen atoms in total. The van der Waals surface area contributed by atoms with Crippen molar-refractivity contribution in [1.82, 2.24) is 0 Å². The van der Waals surface area contributed by atoms with Gasteiger partial charge in [0.25, 0.3) is 5.91 Å². The molecule has 0 unspecified atom stereocenters. The lowest BCUT2D eigenvalue weighted by Crippen LogP contribution is -2.21. The van der Waals surface area contributed by atoms with Gasteiger partial charge in [-0.1, -0.05) is 29.8 Å². The Morgan fingerprint density at radius 1 is 0.706 bits per heavy atom. The highest BCUT2D eigenvalue weighted by Crippen LogP contribution is 2.23. The molecule has 0 aliphatic rings. The number of ether oxygens (including phenoxy) is 2. The molecule has 0 aromatic heterocycles. The fraction of sp³-hybridized carbons (Fsp3) is 0.222.